The highest BCUT2D eigenvalue weighted by molar-refractivity contribution is 6.31. The number of carbonyl (C=O) groups is 2. The lowest BCUT2D eigenvalue weighted by molar-refractivity contribution is -0.0381. The second kappa shape index (κ2) is 13.3. The second-order valence-corrected chi connectivity index (χ2v) is 13.4. The largest absolute Gasteiger partial charge is 0.444 e. The van der Waals surface area contributed by atoms with Gasteiger partial charge in [0.2, 0.25) is 0 Å². The number of hydrogen-bond donors (Lipinski definition) is 1. The van der Waals surface area contributed by atoms with E-state index in [1.54, 1.807) is 35.4 Å². The van der Waals surface area contributed by atoms with Crippen molar-refractivity contribution in [2.75, 3.05) is 26.2 Å². The lowest BCUT2D eigenvalue weighted by atomic mass is 9.88. The fraction of sp³-hybridized carbons (Fsp3) is 0.600. The molecule has 0 saturated carbocycles. The summed E-state index contributed by atoms with van der Waals surface area (Å²) in [6.45, 7) is 12.3. The van der Waals surface area contributed by atoms with E-state index in [9.17, 15) is 14.7 Å². The van der Waals surface area contributed by atoms with Crippen LogP contribution in [0.2, 0.25) is 10.0 Å². The minimum atomic E-state index is -1.59. The van der Waals surface area contributed by atoms with Crippen LogP contribution in [-0.4, -0.2) is 74.4 Å². The van der Waals surface area contributed by atoms with Gasteiger partial charge in [-0.1, -0.05) is 23.2 Å². The van der Waals surface area contributed by atoms with Crippen LogP contribution in [-0.2, 0) is 20.7 Å². The maximum Gasteiger partial charge on any atom is 0.410 e. The van der Waals surface area contributed by atoms with Crippen LogP contribution in [0.1, 0.15) is 78.6 Å². The van der Waals surface area contributed by atoms with E-state index in [1.807, 2.05) is 41.5 Å². The van der Waals surface area contributed by atoms with E-state index in [4.69, 9.17) is 32.7 Å². The molecule has 42 heavy (non-hydrogen) atoms. The first-order valence-corrected chi connectivity index (χ1v) is 14.8. The van der Waals surface area contributed by atoms with Gasteiger partial charge in [-0.05, 0) is 78.6 Å². The summed E-state index contributed by atoms with van der Waals surface area (Å²) in [6, 6.07) is 6.74. The number of nitrogens with zero attached hydrogens (tertiary/aromatic N) is 4. The van der Waals surface area contributed by atoms with Crippen molar-refractivity contribution in [3.63, 3.8) is 0 Å². The van der Waals surface area contributed by atoms with Crippen molar-refractivity contribution in [1.29, 1.82) is 0 Å². The molecule has 2 aromatic heterocycles. The lowest BCUT2D eigenvalue weighted by Crippen LogP contribution is -2.47. The molecular weight excluding hydrogens is 586 g/mol. The van der Waals surface area contributed by atoms with Crippen molar-refractivity contribution in [3.8, 4) is 0 Å². The van der Waals surface area contributed by atoms with Gasteiger partial charge in [-0.2, -0.15) is 0 Å². The summed E-state index contributed by atoms with van der Waals surface area (Å²) in [5, 5.41) is 11.5. The Balaban J connectivity index is 0.000000230. The Morgan fingerprint density at radius 3 is 1.55 bits per heavy atom. The topological polar surface area (TPSA) is 105 Å². The molecule has 0 aromatic carbocycles. The molecule has 9 nitrogen and oxygen atoms in total. The molecule has 2 saturated heterocycles. The van der Waals surface area contributed by atoms with Crippen molar-refractivity contribution in [2.24, 2.45) is 0 Å². The van der Waals surface area contributed by atoms with E-state index >= 15 is 4.39 Å². The van der Waals surface area contributed by atoms with Crippen LogP contribution in [0.3, 0.4) is 0 Å². The van der Waals surface area contributed by atoms with Gasteiger partial charge in [0.05, 0.1) is 21.4 Å². The standard InChI is InChI=1S/C15H20ClFN2O2.C15H21ClN2O3/c1-14(2,3)21-13(20)19-9-6-15(17,7-10-19)12-11(16)5-4-8-18-12;1-14(2,3)21-13(19)18-9-6-15(20,7-10-18)12-11(16)5-4-8-17-12/h4-5,8H,6-7,9-10H2,1-3H3;4-5,8,20H,6-7,9-10H2,1-3H3. The molecule has 0 spiro atoms. The van der Waals surface area contributed by atoms with Crippen LogP contribution in [0.15, 0.2) is 36.7 Å². The van der Waals surface area contributed by atoms with Gasteiger partial charge in [-0.25, -0.2) is 14.0 Å². The summed E-state index contributed by atoms with van der Waals surface area (Å²) in [6.07, 6.45) is 3.51. The SMILES string of the molecule is CC(C)(C)OC(=O)N1CCC(F)(c2ncccc2Cl)CC1.CC(C)(C)OC(=O)N1CCC(O)(c2ncccc2Cl)CC1. The van der Waals surface area contributed by atoms with Gasteiger partial charge < -0.3 is 24.4 Å². The molecule has 232 valence electrons. The first kappa shape index (κ1) is 33.8. The normalized spacial score (nSPS) is 18.4. The van der Waals surface area contributed by atoms with Gasteiger partial charge in [0.1, 0.15) is 16.8 Å². The number of ether oxygens (including phenoxy) is 2. The monoisotopic (exact) mass is 626 g/mol. The third-order valence-corrected chi connectivity index (χ3v) is 7.44. The fourth-order valence-electron chi connectivity index (χ4n) is 4.67. The number of aliphatic hydroxyl groups is 1. The molecule has 4 rings (SSSR count). The smallest absolute Gasteiger partial charge is 0.410 e. The number of likely N-dealkylation sites (tertiary alicyclic amines) is 2. The number of pyridine rings is 2. The van der Waals surface area contributed by atoms with Gasteiger partial charge in [0, 0.05) is 51.4 Å². The summed E-state index contributed by atoms with van der Waals surface area (Å²) >= 11 is 12.1. The first-order valence-electron chi connectivity index (χ1n) is 14.0. The van der Waals surface area contributed by atoms with Crippen molar-refractivity contribution in [2.45, 2.75) is 89.7 Å². The minimum absolute atomic E-state index is 0.170. The number of hydrogen-bond acceptors (Lipinski definition) is 7. The Bertz CT molecular complexity index is 1140. The average Bonchev–Trinajstić information content (AvgIpc) is 2.88. The highest BCUT2D eigenvalue weighted by Gasteiger charge is 2.41. The van der Waals surface area contributed by atoms with Gasteiger partial charge in [0.25, 0.3) is 0 Å². The molecule has 2 amide bonds. The summed E-state index contributed by atoms with van der Waals surface area (Å²) in [5.41, 5.74) is -3.00. The lowest BCUT2D eigenvalue weighted by Gasteiger charge is -2.38. The van der Waals surface area contributed by atoms with E-state index in [0.717, 1.165) is 0 Å². The first-order chi connectivity index (χ1) is 19.4. The minimum Gasteiger partial charge on any atom is -0.444 e. The van der Waals surface area contributed by atoms with E-state index in [0.29, 0.717) is 41.7 Å². The van der Waals surface area contributed by atoms with Crippen LogP contribution < -0.4 is 0 Å². The van der Waals surface area contributed by atoms with Crippen LogP contribution in [0.5, 0.6) is 0 Å². The molecule has 12 heteroatoms. The van der Waals surface area contributed by atoms with Gasteiger partial charge >= 0.3 is 12.2 Å². The van der Waals surface area contributed by atoms with Gasteiger partial charge in [-0.3, -0.25) is 9.97 Å². The Kier molecular flexibility index (Phi) is 10.7. The Hall–Kier alpha value is -2.69. The predicted octanol–water partition coefficient (Wildman–Crippen LogP) is 6.88. The zero-order chi connectivity index (χ0) is 31.3. The second-order valence-electron chi connectivity index (χ2n) is 12.6. The fourth-order valence-corrected chi connectivity index (χ4v) is 5.26. The Labute approximate surface area is 257 Å². The molecular formula is C30H41Cl2FN4O5. The Morgan fingerprint density at radius 2 is 1.17 bits per heavy atom. The number of rotatable bonds is 2. The molecule has 1 N–H and O–H groups in total. The van der Waals surface area contributed by atoms with E-state index in [-0.39, 0.29) is 37.7 Å². The molecule has 2 fully saturated rings. The highest BCUT2D eigenvalue weighted by atomic mass is 35.5. The molecule has 4 heterocycles. The highest BCUT2D eigenvalue weighted by Crippen LogP contribution is 2.39. The number of halogens is 3. The summed E-state index contributed by atoms with van der Waals surface area (Å²) in [7, 11) is 0. The third-order valence-electron chi connectivity index (χ3n) is 6.83. The molecule has 0 aliphatic carbocycles. The molecule has 0 radical (unpaired) electrons. The quantitative estimate of drug-likeness (QED) is 0.387. The number of piperidine rings is 2. The van der Waals surface area contributed by atoms with Crippen LogP contribution in [0, 0.1) is 0 Å². The van der Waals surface area contributed by atoms with Crippen LogP contribution >= 0.6 is 23.2 Å². The van der Waals surface area contributed by atoms with Crippen molar-refractivity contribution in [3.05, 3.63) is 58.1 Å². The van der Waals surface area contributed by atoms with E-state index in [2.05, 4.69) is 9.97 Å². The maximum absolute atomic E-state index is 15.0. The molecule has 2 aromatic rings. The maximum atomic E-state index is 15.0. The zero-order valence-electron chi connectivity index (χ0n) is 25.1. The van der Waals surface area contributed by atoms with Crippen molar-refractivity contribution in [1.82, 2.24) is 19.8 Å². The third kappa shape index (κ3) is 9.15. The number of amides is 2. The van der Waals surface area contributed by atoms with Crippen molar-refractivity contribution < 1.29 is 28.6 Å². The van der Waals surface area contributed by atoms with Gasteiger partial charge in [-0.15, -0.1) is 0 Å². The summed E-state index contributed by atoms with van der Waals surface area (Å²) < 4.78 is 25.7. The van der Waals surface area contributed by atoms with Crippen LogP contribution in [0.25, 0.3) is 0 Å². The van der Waals surface area contributed by atoms with E-state index in [1.165, 1.54) is 11.1 Å². The van der Waals surface area contributed by atoms with Gasteiger partial charge in [0.15, 0.2) is 5.67 Å². The number of alkyl halides is 1. The molecule has 2 aliphatic rings. The molecule has 0 unspecified atom stereocenters. The van der Waals surface area contributed by atoms with Crippen molar-refractivity contribution >= 4 is 35.4 Å². The molecule has 0 atom stereocenters. The Morgan fingerprint density at radius 1 is 0.786 bits per heavy atom. The summed E-state index contributed by atoms with van der Waals surface area (Å²) in [4.78, 5) is 35.4. The predicted molar refractivity (Wildman–Crippen MR) is 159 cm³/mol. The number of carbonyl (C=O) groups excluding carboxylic acids is 2. The number of aromatic nitrogens is 2. The summed E-state index contributed by atoms with van der Waals surface area (Å²) in [5.74, 6) is 0. The average molecular weight is 628 g/mol. The zero-order valence-corrected chi connectivity index (χ0v) is 26.6. The molecule has 0 bridgehead atoms. The van der Waals surface area contributed by atoms with E-state index < -0.39 is 28.6 Å². The molecule has 2 aliphatic heterocycles. The van der Waals surface area contributed by atoms with Crippen LogP contribution in [0.4, 0.5) is 14.0 Å².